The molecule has 1 rings (SSSR count). The number of piperazine rings is 1. The Morgan fingerprint density at radius 2 is 1.81 bits per heavy atom. The van der Waals surface area contributed by atoms with Crippen LogP contribution >= 0.6 is 0 Å². The van der Waals surface area contributed by atoms with Gasteiger partial charge in [0.15, 0.2) is 0 Å². The number of rotatable bonds is 4. The molecule has 1 amide bonds. The van der Waals surface area contributed by atoms with Crippen molar-refractivity contribution in [2.45, 2.75) is 0 Å². The molecule has 0 radical (unpaired) electrons. The topological polar surface area (TPSA) is 23.6 Å². The minimum Gasteiger partial charge on any atom is -0.337 e. The highest BCUT2D eigenvalue weighted by Crippen LogP contribution is 2.03. The van der Waals surface area contributed by atoms with E-state index in [9.17, 15) is 4.79 Å². The van der Waals surface area contributed by atoms with E-state index in [2.05, 4.69) is 32.6 Å². The second-order valence-electron chi connectivity index (χ2n) is 5.38. The van der Waals surface area contributed by atoms with Crippen LogP contribution in [-0.4, -0.2) is 80.6 Å². The molecule has 1 aliphatic rings. The van der Waals surface area contributed by atoms with Crippen molar-refractivity contribution in [3.63, 3.8) is 0 Å². The van der Waals surface area contributed by atoms with Crippen LogP contribution in [0.4, 0.5) is 0 Å². The summed E-state index contributed by atoms with van der Waals surface area (Å²) in [5.41, 5.74) is 0. The molecule has 0 aromatic heterocycles. The Morgan fingerprint density at radius 1 is 1.25 bits per heavy atom. The lowest BCUT2D eigenvalue weighted by atomic mass is 10.3. The summed E-state index contributed by atoms with van der Waals surface area (Å²) in [5.74, 6) is 0.0613. The Kier molecular flexibility index (Phi) is 4.50. The van der Waals surface area contributed by atoms with Gasteiger partial charge in [-0.15, -0.1) is 0 Å². The lowest BCUT2D eigenvalue weighted by Gasteiger charge is -2.35. The number of carbonyl (C=O) groups excluding carboxylic acids is 1. The van der Waals surface area contributed by atoms with E-state index < -0.39 is 0 Å². The van der Waals surface area contributed by atoms with Crippen molar-refractivity contribution in [3.05, 3.63) is 12.7 Å². The van der Waals surface area contributed by atoms with Crippen LogP contribution in [0.1, 0.15) is 0 Å². The van der Waals surface area contributed by atoms with Gasteiger partial charge >= 0.3 is 0 Å². The average molecular weight is 226 g/mol. The second-order valence-corrected chi connectivity index (χ2v) is 5.38. The first-order chi connectivity index (χ1) is 7.42. The highest BCUT2D eigenvalue weighted by molar-refractivity contribution is 5.87. The van der Waals surface area contributed by atoms with Crippen LogP contribution in [0, 0.1) is 0 Å². The van der Waals surface area contributed by atoms with E-state index in [-0.39, 0.29) is 5.91 Å². The van der Waals surface area contributed by atoms with Crippen molar-refractivity contribution in [1.82, 2.24) is 9.80 Å². The first kappa shape index (κ1) is 13.2. The molecule has 1 fully saturated rings. The highest BCUT2D eigenvalue weighted by Gasteiger charge is 2.20. The van der Waals surface area contributed by atoms with Crippen molar-refractivity contribution in [2.75, 3.05) is 60.4 Å². The molecule has 92 valence electrons. The van der Waals surface area contributed by atoms with E-state index >= 15 is 0 Å². The lowest BCUT2D eigenvalue weighted by molar-refractivity contribution is -0.869. The van der Waals surface area contributed by atoms with Crippen molar-refractivity contribution in [2.24, 2.45) is 0 Å². The molecule has 1 heterocycles. The van der Waals surface area contributed by atoms with Gasteiger partial charge in [0.05, 0.1) is 27.7 Å². The van der Waals surface area contributed by atoms with Gasteiger partial charge in [-0.2, -0.15) is 0 Å². The summed E-state index contributed by atoms with van der Waals surface area (Å²) in [6.45, 7) is 9.42. The molecule has 0 N–H and O–H groups in total. The van der Waals surface area contributed by atoms with Gasteiger partial charge in [-0.05, 0) is 6.08 Å². The van der Waals surface area contributed by atoms with Crippen molar-refractivity contribution < 1.29 is 9.28 Å². The monoisotopic (exact) mass is 226 g/mol. The molecule has 1 aliphatic heterocycles. The molecule has 1 saturated heterocycles. The van der Waals surface area contributed by atoms with Crippen LogP contribution in [0.2, 0.25) is 0 Å². The van der Waals surface area contributed by atoms with Crippen LogP contribution in [0.3, 0.4) is 0 Å². The van der Waals surface area contributed by atoms with Gasteiger partial charge in [0.25, 0.3) is 0 Å². The Bertz CT molecular complexity index is 249. The Balaban J connectivity index is 2.27. The van der Waals surface area contributed by atoms with E-state index in [1.807, 2.05) is 4.90 Å². The van der Waals surface area contributed by atoms with E-state index in [1.165, 1.54) is 6.08 Å². The Labute approximate surface area is 98.7 Å². The van der Waals surface area contributed by atoms with Crippen LogP contribution in [0.15, 0.2) is 12.7 Å². The smallest absolute Gasteiger partial charge is 0.246 e. The molecule has 0 aromatic carbocycles. The maximum Gasteiger partial charge on any atom is 0.246 e. The fourth-order valence-electron chi connectivity index (χ4n) is 1.76. The zero-order valence-electron chi connectivity index (χ0n) is 10.8. The molecule has 0 saturated carbocycles. The molecule has 16 heavy (non-hydrogen) atoms. The summed E-state index contributed by atoms with van der Waals surface area (Å²) in [6.07, 6.45) is 1.40. The molecule has 0 aliphatic carbocycles. The van der Waals surface area contributed by atoms with Gasteiger partial charge in [0.1, 0.15) is 0 Å². The zero-order chi connectivity index (χ0) is 12.2. The third-order valence-electron chi connectivity index (χ3n) is 2.95. The average Bonchev–Trinajstić information content (AvgIpc) is 2.25. The minimum absolute atomic E-state index is 0.0613. The molecule has 0 unspecified atom stereocenters. The Hall–Kier alpha value is -0.870. The van der Waals surface area contributed by atoms with Gasteiger partial charge in [-0.25, -0.2) is 0 Å². The number of likely N-dealkylation sites (N-methyl/N-ethyl adjacent to an activating group) is 1. The quantitative estimate of drug-likeness (QED) is 0.498. The predicted molar refractivity (Wildman–Crippen MR) is 66.1 cm³/mol. The molecule has 0 atom stereocenters. The first-order valence-corrected chi connectivity index (χ1v) is 5.86. The summed E-state index contributed by atoms with van der Waals surface area (Å²) in [4.78, 5) is 15.7. The van der Waals surface area contributed by atoms with Crippen LogP contribution in [-0.2, 0) is 4.79 Å². The highest BCUT2D eigenvalue weighted by atomic mass is 16.2. The summed E-state index contributed by atoms with van der Waals surface area (Å²) in [5, 5.41) is 0. The lowest BCUT2D eigenvalue weighted by Crippen LogP contribution is -2.51. The van der Waals surface area contributed by atoms with E-state index in [0.717, 1.165) is 43.8 Å². The summed E-state index contributed by atoms with van der Waals surface area (Å²) < 4.78 is 0.992. The van der Waals surface area contributed by atoms with E-state index in [0.29, 0.717) is 0 Å². The number of amides is 1. The van der Waals surface area contributed by atoms with Gasteiger partial charge in [-0.3, -0.25) is 9.69 Å². The molecular weight excluding hydrogens is 202 g/mol. The molecule has 4 nitrogen and oxygen atoms in total. The first-order valence-electron chi connectivity index (χ1n) is 5.86. The van der Waals surface area contributed by atoms with Crippen LogP contribution in [0.5, 0.6) is 0 Å². The minimum atomic E-state index is 0.0613. The second kappa shape index (κ2) is 5.46. The number of carbonyl (C=O) groups is 1. The van der Waals surface area contributed by atoms with Gasteiger partial charge in [0, 0.05) is 32.7 Å². The molecule has 0 spiro atoms. The Morgan fingerprint density at radius 3 is 2.25 bits per heavy atom. The maximum atomic E-state index is 11.4. The molecule has 4 heteroatoms. The van der Waals surface area contributed by atoms with Crippen LogP contribution in [0.25, 0.3) is 0 Å². The normalized spacial score (nSPS) is 18.6. The SMILES string of the molecule is C=CC(=O)N1CCN(CC[N+](C)(C)C)CC1. The van der Waals surface area contributed by atoms with E-state index in [4.69, 9.17) is 0 Å². The van der Waals surface area contributed by atoms with Crippen LogP contribution < -0.4 is 0 Å². The fraction of sp³-hybridized carbons (Fsp3) is 0.750. The number of nitrogens with zero attached hydrogens (tertiary/aromatic N) is 3. The molecule has 0 aromatic rings. The summed E-state index contributed by atoms with van der Waals surface area (Å²) in [7, 11) is 6.62. The zero-order valence-corrected chi connectivity index (χ0v) is 10.8. The number of hydrogen-bond donors (Lipinski definition) is 0. The largest absolute Gasteiger partial charge is 0.337 e. The van der Waals surface area contributed by atoms with Crippen molar-refractivity contribution >= 4 is 5.91 Å². The maximum absolute atomic E-state index is 11.4. The number of hydrogen-bond acceptors (Lipinski definition) is 2. The predicted octanol–water partition coefficient (Wildman–Crippen LogP) is 0.0228. The number of quaternary nitrogens is 1. The van der Waals surface area contributed by atoms with Crippen molar-refractivity contribution in [1.29, 1.82) is 0 Å². The fourth-order valence-corrected chi connectivity index (χ4v) is 1.76. The summed E-state index contributed by atoms with van der Waals surface area (Å²) >= 11 is 0. The standard InChI is InChI=1S/C12H24N3O/c1-5-12(16)14-8-6-13(7-9-14)10-11-15(2,3)4/h5H,1,6-11H2,2-4H3/q+1. The van der Waals surface area contributed by atoms with Gasteiger partial charge < -0.3 is 9.38 Å². The van der Waals surface area contributed by atoms with Gasteiger partial charge in [-0.1, -0.05) is 6.58 Å². The molecular formula is C12H24N3O+. The third kappa shape index (κ3) is 4.33. The summed E-state index contributed by atoms with van der Waals surface area (Å²) in [6, 6.07) is 0. The third-order valence-corrected chi connectivity index (χ3v) is 2.95. The van der Waals surface area contributed by atoms with Crippen molar-refractivity contribution in [3.8, 4) is 0 Å². The molecule has 0 bridgehead atoms. The van der Waals surface area contributed by atoms with Gasteiger partial charge in [0.2, 0.25) is 5.91 Å². The van der Waals surface area contributed by atoms with E-state index in [1.54, 1.807) is 0 Å².